The van der Waals surface area contributed by atoms with Crippen molar-refractivity contribution in [1.29, 1.82) is 0 Å². The summed E-state index contributed by atoms with van der Waals surface area (Å²) in [5.41, 5.74) is 4.84. The topological polar surface area (TPSA) is 43.1 Å². The zero-order chi connectivity index (χ0) is 21.3. The van der Waals surface area contributed by atoms with Gasteiger partial charge < -0.3 is 20.5 Å². The molecular formula is C26H34N4. The molecule has 0 bridgehead atoms. The van der Waals surface area contributed by atoms with Crippen LogP contribution < -0.4 is 10.6 Å². The van der Waals surface area contributed by atoms with Crippen LogP contribution in [0.4, 0.5) is 0 Å². The van der Waals surface area contributed by atoms with Gasteiger partial charge in [0, 0.05) is 23.8 Å². The lowest BCUT2D eigenvalue weighted by molar-refractivity contribution is 0.233. The van der Waals surface area contributed by atoms with Gasteiger partial charge in [0.1, 0.15) is 0 Å². The molecular weight excluding hydrogens is 368 g/mol. The lowest BCUT2D eigenvalue weighted by Gasteiger charge is -2.31. The molecule has 3 aromatic rings. The molecule has 1 fully saturated rings. The minimum atomic E-state index is 0.504. The molecule has 1 aromatic heterocycles. The van der Waals surface area contributed by atoms with Crippen molar-refractivity contribution >= 4 is 17.0 Å². The molecule has 0 aliphatic carbocycles. The highest BCUT2D eigenvalue weighted by atomic mass is 15.2. The van der Waals surface area contributed by atoms with Crippen LogP contribution in [-0.4, -0.2) is 36.1 Å². The van der Waals surface area contributed by atoms with Crippen LogP contribution in [0.1, 0.15) is 29.7 Å². The number of aromatic amines is 1. The van der Waals surface area contributed by atoms with Gasteiger partial charge in [-0.3, -0.25) is 0 Å². The maximum absolute atomic E-state index is 4.10. The summed E-state index contributed by atoms with van der Waals surface area (Å²) in [4.78, 5) is 5.82. The van der Waals surface area contributed by atoms with Gasteiger partial charge in [-0.2, -0.15) is 0 Å². The van der Waals surface area contributed by atoms with E-state index in [-0.39, 0.29) is 0 Å². The van der Waals surface area contributed by atoms with Crippen molar-refractivity contribution in [2.75, 3.05) is 20.1 Å². The molecule has 1 aliphatic heterocycles. The molecule has 4 nitrogen and oxygen atoms in total. The molecule has 0 amide bonds. The molecule has 0 spiro atoms. The van der Waals surface area contributed by atoms with Gasteiger partial charge in [-0.15, -0.1) is 0 Å². The third-order valence-electron chi connectivity index (χ3n) is 5.36. The van der Waals surface area contributed by atoms with E-state index in [0.29, 0.717) is 6.04 Å². The number of hydrogen-bond acceptors (Lipinski definition) is 3. The van der Waals surface area contributed by atoms with Gasteiger partial charge >= 0.3 is 0 Å². The molecule has 1 saturated heterocycles. The van der Waals surface area contributed by atoms with Crippen molar-refractivity contribution in [3.05, 3.63) is 90.4 Å². The summed E-state index contributed by atoms with van der Waals surface area (Å²) in [6, 6.07) is 19.2. The first-order valence-corrected chi connectivity index (χ1v) is 10.7. The molecule has 2 aromatic carbocycles. The highest BCUT2D eigenvalue weighted by Gasteiger charge is 2.16. The highest BCUT2D eigenvalue weighted by molar-refractivity contribution is 5.81. The van der Waals surface area contributed by atoms with Crippen molar-refractivity contribution in [2.45, 2.75) is 32.4 Å². The summed E-state index contributed by atoms with van der Waals surface area (Å²) in [7, 11) is 2.18. The van der Waals surface area contributed by atoms with Crippen molar-refractivity contribution in [2.24, 2.45) is 0 Å². The molecule has 1 atom stereocenters. The molecule has 1 aliphatic rings. The minimum Gasteiger partial charge on any atom is -0.368 e. The SMILES string of the molecule is C=C(NCc1cc2cc(C)ccc2[nH]1)NC1CCCN(C)C1.C=Cc1ccccc1. The zero-order valence-electron chi connectivity index (χ0n) is 18.2. The Bertz CT molecular complexity index is 958. The van der Waals surface area contributed by atoms with Gasteiger partial charge in [-0.1, -0.05) is 61.2 Å². The predicted molar refractivity (Wildman–Crippen MR) is 129 cm³/mol. The maximum Gasteiger partial charge on any atom is 0.0918 e. The lowest BCUT2D eigenvalue weighted by Crippen LogP contribution is -2.45. The summed E-state index contributed by atoms with van der Waals surface area (Å²) in [5.74, 6) is 0.912. The van der Waals surface area contributed by atoms with Crippen LogP contribution >= 0.6 is 0 Å². The van der Waals surface area contributed by atoms with E-state index in [1.807, 2.05) is 36.4 Å². The average molecular weight is 403 g/mol. The fourth-order valence-electron chi connectivity index (χ4n) is 3.78. The Kier molecular flexibility index (Phi) is 7.75. The number of aromatic nitrogens is 1. The normalized spacial score (nSPS) is 16.4. The van der Waals surface area contributed by atoms with Gasteiger partial charge in [0.2, 0.25) is 0 Å². The van der Waals surface area contributed by atoms with Crippen molar-refractivity contribution in [3.63, 3.8) is 0 Å². The van der Waals surface area contributed by atoms with E-state index >= 15 is 0 Å². The molecule has 4 rings (SSSR count). The third kappa shape index (κ3) is 6.53. The molecule has 2 heterocycles. The number of piperidine rings is 1. The molecule has 4 heteroatoms. The summed E-state index contributed by atoms with van der Waals surface area (Å²) >= 11 is 0. The van der Waals surface area contributed by atoms with E-state index in [1.54, 1.807) is 0 Å². The first-order chi connectivity index (χ1) is 14.5. The second kappa shape index (κ2) is 10.7. The smallest absolute Gasteiger partial charge is 0.0918 e. The van der Waals surface area contributed by atoms with Crippen LogP contribution in [-0.2, 0) is 6.54 Å². The van der Waals surface area contributed by atoms with E-state index in [0.717, 1.165) is 18.9 Å². The summed E-state index contributed by atoms with van der Waals surface area (Å²) in [5, 5.41) is 8.15. The fraction of sp³-hybridized carbons (Fsp3) is 0.308. The number of H-pyrrole nitrogens is 1. The number of hydrogen-bond donors (Lipinski definition) is 3. The summed E-state index contributed by atoms with van der Waals surface area (Å²) in [6.07, 6.45) is 4.31. The first-order valence-electron chi connectivity index (χ1n) is 10.7. The van der Waals surface area contributed by atoms with Crippen molar-refractivity contribution < 1.29 is 0 Å². The second-order valence-electron chi connectivity index (χ2n) is 8.08. The number of aryl methyl sites for hydroxylation is 1. The van der Waals surface area contributed by atoms with Crippen LogP contribution in [0, 0.1) is 6.92 Å². The van der Waals surface area contributed by atoms with Crippen LogP contribution in [0.2, 0.25) is 0 Å². The number of likely N-dealkylation sites (tertiary alicyclic amines) is 1. The fourth-order valence-corrected chi connectivity index (χ4v) is 3.78. The Morgan fingerprint density at radius 1 is 1.20 bits per heavy atom. The zero-order valence-corrected chi connectivity index (χ0v) is 18.2. The van der Waals surface area contributed by atoms with Crippen LogP contribution in [0.3, 0.4) is 0 Å². The number of rotatable bonds is 6. The molecule has 1 unspecified atom stereocenters. The molecule has 0 radical (unpaired) electrons. The summed E-state index contributed by atoms with van der Waals surface area (Å²) < 4.78 is 0. The maximum atomic E-state index is 4.10. The standard InChI is InChI=1S/C18H26N4.C8H8/c1-13-6-7-18-15(9-13)10-17(21-18)11-19-14(2)20-16-5-4-8-22(3)12-16;1-2-8-6-4-3-5-7-8/h6-7,9-10,16,19-21H,2,4-5,8,11-12H2,1,3H3;2-7H,1H2. The number of nitrogens with zero attached hydrogens (tertiary/aromatic N) is 1. The summed E-state index contributed by atoms with van der Waals surface area (Å²) in [6.45, 7) is 12.9. The highest BCUT2D eigenvalue weighted by Crippen LogP contribution is 2.17. The minimum absolute atomic E-state index is 0.504. The molecule has 30 heavy (non-hydrogen) atoms. The third-order valence-corrected chi connectivity index (χ3v) is 5.36. The van der Waals surface area contributed by atoms with Crippen LogP contribution in [0.25, 0.3) is 17.0 Å². The van der Waals surface area contributed by atoms with Gasteiger partial charge in [0.15, 0.2) is 0 Å². The number of benzene rings is 2. The molecule has 3 N–H and O–H groups in total. The molecule has 0 saturated carbocycles. The van der Waals surface area contributed by atoms with Crippen LogP contribution in [0.15, 0.2) is 73.6 Å². The average Bonchev–Trinajstić information content (AvgIpc) is 3.15. The van der Waals surface area contributed by atoms with Gasteiger partial charge in [0.05, 0.1) is 12.4 Å². The monoisotopic (exact) mass is 402 g/mol. The van der Waals surface area contributed by atoms with Crippen LogP contribution in [0.5, 0.6) is 0 Å². The van der Waals surface area contributed by atoms with Gasteiger partial charge in [-0.25, -0.2) is 0 Å². The van der Waals surface area contributed by atoms with Gasteiger partial charge in [-0.05, 0) is 62.5 Å². The van der Waals surface area contributed by atoms with E-state index in [1.165, 1.54) is 47.1 Å². The number of fused-ring (bicyclic) bond motifs is 1. The Morgan fingerprint density at radius 2 is 2.00 bits per heavy atom. The Hall–Kier alpha value is -2.98. The van der Waals surface area contributed by atoms with Crippen molar-refractivity contribution in [1.82, 2.24) is 20.5 Å². The van der Waals surface area contributed by atoms with Gasteiger partial charge in [0.25, 0.3) is 0 Å². The van der Waals surface area contributed by atoms with E-state index < -0.39 is 0 Å². The Balaban J connectivity index is 0.000000269. The largest absolute Gasteiger partial charge is 0.368 e. The van der Waals surface area contributed by atoms with E-state index in [2.05, 4.69) is 71.9 Å². The Morgan fingerprint density at radius 3 is 2.70 bits per heavy atom. The number of nitrogens with one attached hydrogen (secondary N) is 3. The van der Waals surface area contributed by atoms with E-state index in [9.17, 15) is 0 Å². The second-order valence-corrected chi connectivity index (χ2v) is 8.08. The predicted octanol–water partition coefficient (Wildman–Crippen LogP) is 5.05. The van der Waals surface area contributed by atoms with E-state index in [4.69, 9.17) is 0 Å². The van der Waals surface area contributed by atoms with Crippen molar-refractivity contribution in [3.8, 4) is 0 Å². The Labute approximate surface area is 180 Å². The molecule has 158 valence electrons. The quantitative estimate of drug-likeness (QED) is 0.540. The lowest BCUT2D eigenvalue weighted by atomic mass is 10.1. The first kappa shape index (κ1) is 21.7. The number of likely N-dealkylation sites (N-methyl/N-ethyl adjacent to an activating group) is 1.